The van der Waals surface area contributed by atoms with E-state index in [2.05, 4.69) is 50.2 Å². The van der Waals surface area contributed by atoms with Crippen molar-refractivity contribution in [3.05, 3.63) is 77.4 Å². The van der Waals surface area contributed by atoms with Crippen LogP contribution in [-0.2, 0) is 11.2 Å². The fraction of sp³-hybridized carbons (Fsp3) is 0.429. The molecule has 34 heavy (non-hydrogen) atoms. The number of piperidine rings is 1. The second-order valence-corrected chi connectivity index (χ2v) is 9.40. The number of carbonyl (C=O) groups excluding carboxylic acids is 1. The number of likely N-dealkylation sites (tertiary alicyclic amines) is 1. The molecular formula is C28H33N3O3. The van der Waals surface area contributed by atoms with Crippen LogP contribution in [0.25, 0.3) is 11.3 Å². The lowest BCUT2D eigenvalue weighted by molar-refractivity contribution is 0.0393. The van der Waals surface area contributed by atoms with Crippen molar-refractivity contribution < 1.29 is 13.9 Å². The lowest BCUT2D eigenvalue weighted by Gasteiger charge is -2.40. The third kappa shape index (κ3) is 4.73. The molecule has 6 heteroatoms. The summed E-state index contributed by atoms with van der Waals surface area (Å²) >= 11 is 0. The number of hydrogen-bond acceptors (Lipinski definition) is 4. The first-order valence-corrected chi connectivity index (χ1v) is 12.3. The lowest BCUT2D eigenvalue weighted by atomic mass is 9.84. The van der Waals surface area contributed by atoms with Gasteiger partial charge in [-0.05, 0) is 36.5 Å². The van der Waals surface area contributed by atoms with Crippen LogP contribution in [0.3, 0.4) is 0 Å². The molecule has 2 fully saturated rings. The summed E-state index contributed by atoms with van der Waals surface area (Å²) in [6.45, 7) is 8.08. The highest BCUT2D eigenvalue weighted by Crippen LogP contribution is 2.37. The van der Waals surface area contributed by atoms with E-state index in [1.54, 1.807) is 6.26 Å². The maximum absolute atomic E-state index is 13.4. The van der Waals surface area contributed by atoms with Crippen molar-refractivity contribution in [3.8, 4) is 11.3 Å². The average Bonchev–Trinajstić information content (AvgIpc) is 3.39. The average molecular weight is 460 g/mol. The second kappa shape index (κ2) is 10.0. The molecule has 2 unspecified atom stereocenters. The van der Waals surface area contributed by atoms with E-state index >= 15 is 0 Å². The number of hydrogen-bond donors (Lipinski definition) is 0. The summed E-state index contributed by atoms with van der Waals surface area (Å²) in [5, 5.41) is 0. The first kappa shape index (κ1) is 22.7. The number of urea groups is 1. The summed E-state index contributed by atoms with van der Waals surface area (Å²) in [6.07, 6.45) is 3.69. The molecule has 2 aliphatic heterocycles. The molecule has 2 aliphatic rings. The summed E-state index contributed by atoms with van der Waals surface area (Å²) in [4.78, 5) is 22.2. The number of rotatable bonds is 4. The van der Waals surface area contributed by atoms with E-state index in [0.29, 0.717) is 45.3 Å². The maximum Gasteiger partial charge on any atom is 0.320 e. The molecule has 2 aromatic carbocycles. The first-order chi connectivity index (χ1) is 16.6. The zero-order valence-electron chi connectivity index (χ0n) is 20.1. The summed E-state index contributed by atoms with van der Waals surface area (Å²) in [6, 6.07) is 17.2. The number of aromatic nitrogens is 1. The van der Waals surface area contributed by atoms with E-state index in [1.807, 2.05) is 21.9 Å². The molecule has 178 valence electrons. The lowest BCUT2D eigenvalue weighted by Crippen LogP contribution is -2.52. The number of oxazole rings is 1. The van der Waals surface area contributed by atoms with Gasteiger partial charge in [0, 0.05) is 37.7 Å². The van der Waals surface area contributed by atoms with Crippen LogP contribution in [0.15, 0.2) is 59.2 Å². The maximum atomic E-state index is 13.4. The van der Waals surface area contributed by atoms with E-state index < -0.39 is 0 Å². The molecule has 2 atom stereocenters. The minimum Gasteiger partial charge on any atom is -0.448 e. The summed E-state index contributed by atoms with van der Waals surface area (Å²) < 4.78 is 11.5. The highest BCUT2D eigenvalue weighted by atomic mass is 16.5. The molecule has 3 heterocycles. The minimum atomic E-state index is 0.0485. The van der Waals surface area contributed by atoms with E-state index in [9.17, 15) is 4.79 Å². The molecule has 0 N–H and O–H groups in total. The topological polar surface area (TPSA) is 58.8 Å². The fourth-order valence-corrected chi connectivity index (χ4v) is 5.11. The van der Waals surface area contributed by atoms with Crippen molar-refractivity contribution in [1.29, 1.82) is 0 Å². The van der Waals surface area contributed by atoms with E-state index in [4.69, 9.17) is 14.1 Å². The van der Waals surface area contributed by atoms with Crippen LogP contribution in [0, 0.1) is 6.92 Å². The van der Waals surface area contributed by atoms with Gasteiger partial charge in [0.15, 0.2) is 5.89 Å². The standard InChI is InChI=1S/C28H33N3O3/c1-3-21-8-10-22(11-9-21)23-16-24(18-31(17-23)28(32)30-12-14-33-15-13-30)27-29-26(19-34-27)25-7-5-4-6-20(25)2/h4-11,19,23-24H,3,12-18H2,1-2H3. The van der Waals surface area contributed by atoms with Gasteiger partial charge in [-0.15, -0.1) is 0 Å². The van der Waals surface area contributed by atoms with Crippen LogP contribution in [-0.4, -0.2) is 60.2 Å². The molecule has 5 rings (SSSR count). The second-order valence-electron chi connectivity index (χ2n) is 9.40. The van der Waals surface area contributed by atoms with Gasteiger partial charge in [0.1, 0.15) is 12.0 Å². The molecule has 0 spiro atoms. The number of ether oxygens (including phenoxy) is 1. The Morgan fingerprint density at radius 1 is 1.00 bits per heavy atom. The van der Waals surface area contributed by atoms with E-state index in [-0.39, 0.29) is 17.9 Å². The molecule has 0 bridgehead atoms. The summed E-state index contributed by atoms with van der Waals surface area (Å²) in [5.41, 5.74) is 5.71. The Morgan fingerprint density at radius 2 is 1.74 bits per heavy atom. The van der Waals surface area contributed by atoms with E-state index in [1.165, 1.54) is 16.7 Å². The molecule has 0 aliphatic carbocycles. The summed E-state index contributed by atoms with van der Waals surface area (Å²) in [7, 11) is 0. The zero-order valence-corrected chi connectivity index (χ0v) is 20.1. The van der Waals surface area contributed by atoms with Crippen molar-refractivity contribution in [1.82, 2.24) is 14.8 Å². The normalized spacial score (nSPS) is 21.0. The van der Waals surface area contributed by atoms with Crippen LogP contribution in [0.4, 0.5) is 4.79 Å². The molecule has 2 amide bonds. The van der Waals surface area contributed by atoms with Crippen molar-refractivity contribution in [2.24, 2.45) is 0 Å². The predicted molar refractivity (Wildman–Crippen MR) is 132 cm³/mol. The van der Waals surface area contributed by atoms with E-state index in [0.717, 1.165) is 24.1 Å². The molecule has 0 radical (unpaired) electrons. The van der Waals surface area contributed by atoms with Gasteiger partial charge >= 0.3 is 6.03 Å². The quantitative estimate of drug-likeness (QED) is 0.536. The Kier molecular flexibility index (Phi) is 6.68. The fourth-order valence-electron chi connectivity index (χ4n) is 5.11. The largest absolute Gasteiger partial charge is 0.448 e. The number of morpholine rings is 1. The molecule has 0 saturated carbocycles. The monoisotopic (exact) mass is 459 g/mol. The highest BCUT2D eigenvalue weighted by molar-refractivity contribution is 5.75. The van der Waals surface area contributed by atoms with Crippen LogP contribution in [0.5, 0.6) is 0 Å². The Hall–Kier alpha value is -3.12. The van der Waals surface area contributed by atoms with Gasteiger partial charge in [0.05, 0.1) is 19.1 Å². The van der Waals surface area contributed by atoms with Gasteiger partial charge in [-0.3, -0.25) is 0 Å². The van der Waals surface area contributed by atoms with Gasteiger partial charge in [-0.2, -0.15) is 0 Å². The number of benzene rings is 2. The smallest absolute Gasteiger partial charge is 0.320 e. The van der Waals surface area contributed by atoms with Gasteiger partial charge in [-0.1, -0.05) is 55.5 Å². The molecule has 3 aromatic rings. The SMILES string of the molecule is CCc1ccc(C2CC(c3nc(-c4ccccc4C)co3)CN(C(=O)N3CCOCC3)C2)cc1. The van der Waals surface area contributed by atoms with Crippen molar-refractivity contribution in [2.45, 2.75) is 38.5 Å². The number of nitrogens with zero attached hydrogens (tertiary/aromatic N) is 3. The van der Waals surface area contributed by atoms with Crippen molar-refractivity contribution in [3.63, 3.8) is 0 Å². The summed E-state index contributed by atoms with van der Waals surface area (Å²) in [5.74, 6) is 1.00. The molecular weight excluding hydrogens is 426 g/mol. The molecule has 1 aromatic heterocycles. The van der Waals surface area contributed by atoms with Crippen LogP contribution < -0.4 is 0 Å². The molecule has 6 nitrogen and oxygen atoms in total. The van der Waals surface area contributed by atoms with Crippen LogP contribution in [0.1, 0.15) is 47.8 Å². The third-order valence-corrected chi connectivity index (χ3v) is 7.15. The number of aryl methyl sites for hydroxylation is 2. The third-order valence-electron chi connectivity index (χ3n) is 7.15. The predicted octanol–water partition coefficient (Wildman–Crippen LogP) is 5.24. The molecule has 2 saturated heterocycles. The zero-order chi connectivity index (χ0) is 23.5. The van der Waals surface area contributed by atoms with Gasteiger partial charge in [0.2, 0.25) is 0 Å². The Balaban J connectivity index is 1.42. The van der Waals surface area contributed by atoms with Crippen LogP contribution in [0.2, 0.25) is 0 Å². The Labute approximate surface area is 201 Å². The first-order valence-electron chi connectivity index (χ1n) is 12.3. The van der Waals surface area contributed by atoms with Gasteiger partial charge in [-0.25, -0.2) is 9.78 Å². The highest BCUT2D eigenvalue weighted by Gasteiger charge is 2.36. The van der Waals surface area contributed by atoms with Crippen molar-refractivity contribution in [2.75, 3.05) is 39.4 Å². The van der Waals surface area contributed by atoms with Gasteiger partial charge in [0.25, 0.3) is 0 Å². The Bertz CT molecular complexity index is 1120. The number of carbonyl (C=O) groups is 1. The Morgan fingerprint density at radius 3 is 2.47 bits per heavy atom. The van der Waals surface area contributed by atoms with Gasteiger partial charge < -0.3 is 19.0 Å². The van der Waals surface area contributed by atoms with Crippen molar-refractivity contribution >= 4 is 6.03 Å². The minimum absolute atomic E-state index is 0.0485. The van der Waals surface area contributed by atoms with Crippen LogP contribution >= 0.6 is 0 Å². The number of amides is 2.